The highest BCUT2D eigenvalue weighted by molar-refractivity contribution is 5.93. The van der Waals surface area contributed by atoms with Crippen LogP contribution >= 0.6 is 0 Å². The van der Waals surface area contributed by atoms with Gasteiger partial charge in [0.1, 0.15) is 6.10 Å². The molecule has 2 aliphatic rings. The zero-order chi connectivity index (χ0) is 16.7. The van der Waals surface area contributed by atoms with Crippen molar-refractivity contribution in [3.63, 3.8) is 0 Å². The number of benzene rings is 1. The molecule has 0 unspecified atom stereocenters. The van der Waals surface area contributed by atoms with Crippen molar-refractivity contribution in [1.29, 1.82) is 0 Å². The number of rotatable bonds is 4. The first kappa shape index (κ1) is 15.5. The van der Waals surface area contributed by atoms with Gasteiger partial charge in [-0.2, -0.15) is 4.98 Å². The fraction of sp³-hybridized carbons (Fsp3) is 0.579. The van der Waals surface area contributed by atoms with Crippen LogP contribution in [0.3, 0.4) is 0 Å². The third-order valence-corrected chi connectivity index (χ3v) is 5.23. The van der Waals surface area contributed by atoms with Crippen molar-refractivity contribution in [2.75, 3.05) is 7.11 Å². The Kier molecular flexibility index (Phi) is 3.94. The average Bonchev–Trinajstić information content (AvgIpc) is 3.37. The van der Waals surface area contributed by atoms with Crippen LogP contribution in [0.1, 0.15) is 61.8 Å². The molecule has 2 aliphatic carbocycles. The Morgan fingerprint density at radius 2 is 1.92 bits per heavy atom. The van der Waals surface area contributed by atoms with Gasteiger partial charge in [-0.3, -0.25) is 4.57 Å². The maximum atomic E-state index is 11.8. The van der Waals surface area contributed by atoms with Gasteiger partial charge in [0, 0.05) is 6.04 Å². The molecule has 0 saturated heterocycles. The summed E-state index contributed by atoms with van der Waals surface area (Å²) in [5.41, 5.74) is 2.39. The second-order valence-corrected chi connectivity index (χ2v) is 7.19. The first-order valence-electron chi connectivity index (χ1n) is 8.92. The molecule has 1 heterocycles. The Labute approximate surface area is 142 Å². The number of aromatic nitrogens is 2. The minimum Gasteiger partial charge on any atom is -0.465 e. The van der Waals surface area contributed by atoms with E-state index in [1.165, 1.54) is 32.8 Å². The van der Waals surface area contributed by atoms with Crippen LogP contribution < -0.4 is 4.74 Å². The number of ether oxygens (including phenoxy) is 2. The van der Waals surface area contributed by atoms with Crippen molar-refractivity contribution >= 4 is 17.0 Å². The fourth-order valence-corrected chi connectivity index (χ4v) is 3.59. The Morgan fingerprint density at radius 3 is 2.58 bits per heavy atom. The molecule has 128 valence electrons. The van der Waals surface area contributed by atoms with Gasteiger partial charge >= 0.3 is 5.97 Å². The molecule has 4 rings (SSSR count). The van der Waals surface area contributed by atoms with E-state index in [1.54, 1.807) is 12.1 Å². The second kappa shape index (κ2) is 6.11. The van der Waals surface area contributed by atoms with Crippen molar-refractivity contribution < 1.29 is 14.3 Å². The summed E-state index contributed by atoms with van der Waals surface area (Å²) < 4.78 is 13.3. The van der Waals surface area contributed by atoms with E-state index in [9.17, 15) is 4.79 Å². The second-order valence-electron chi connectivity index (χ2n) is 7.19. The molecule has 1 aromatic heterocycles. The number of carbonyl (C=O) groups is 1. The summed E-state index contributed by atoms with van der Waals surface area (Å²) in [4.78, 5) is 16.5. The lowest BCUT2D eigenvalue weighted by Gasteiger charge is -2.26. The van der Waals surface area contributed by atoms with Gasteiger partial charge in [0.2, 0.25) is 0 Å². The Bertz CT molecular complexity index is 755. The summed E-state index contributed by atoms with van der Waals surface area (Å²) in [6.45, 7) is 2.31. The third kappa shape index (κ3) is 2.87. The smallest absolute Gasteiger partial charge is 0.337 e. The van der Waals surface area contributed by atoms with Gasteiger partial charge in [-0.15, -0.1) is 0 Å². The molecule has 0 radical (unpaired) electrons. The van der Waals surface area contributed by atoms with E-state index in [0.717, 1.165) is 29.8 Å². The van der Waals surface area contributed by atoms with Crippen LogP contribution in [0.25, 0.3) is 11.0 Å². The van der Waals surface area contributed by atoms with E-state index in [2.05, 4.69) is 11.5 Å². The fourth-order valence-electron chi connectivity index (χ4n) is 3.59. The lowest BCUT2D eigenvalue weighted by molar-refractivity contribution is 0.0601. The predicted octanol–water partition coefficient (Wildman–Crippen LogP) is 4.12. The number of methoxy groups -OCH3 is 1. The van der Waals surface area contributed by atoms with Crippen LogP contribution in [-0.4, -0.2) is 28.7 Å². The van der Waals surface area contributed by atoms with Crippen LogP contribution in [0.2, 0.25) is 0 Å². The van der Waals surface area contributed by atoms with E-state index in [4.69, 9.17) is 14.5 Å². The highest BCUT2D eigenvalue weighted by Gasteiger charge is 2.31. The molecule has 2 aromatic rings. The number of esters is 1. The Hall–Kier alpha value is -2.04. The SMILES string of the molecule is COC(=O)c1ccc2c(c1)nc(OC1CCC(C)CC1)n2C1CC1. The molecule has 0 N–H and O–H groups in total. The minimum absolute atomic E-state index is 0.260. The molecule has 1 aromatic carbocycles. The number of carbonyl (C=O) groups excluding carboxylic acids is 1. The standard InChI is InChI=1S/C19H24N2O3/c1-12-3-8-15(9-4-12)24-19-20-16-11-13(18(22)23-2)5-10-17(16)21(19)14-6-7-14/h5,10-12,14-15H,3-4,6-9H2,1-2H3. The van der Waals surface area contributed by atoms with Gasteiger partial charge in [-0.1, -0.05) is 6.92 Å². The van der Waals surface area contributed by atoms with Crippen LogP contribution in [0.15, 0.2) is 18.2 Å². The van der Waals surface area contributed by atoms with Crippen LogP contribution in [0.5, 0.6) is 6.01 Å². The maximum absolute atomic E-state index is 11.8. The first-order valence-corrected chi connectivity index (χ1v) is 8.92. The molecule has 24 heavy (non-hydrogen) atoms. The molecule has 2 saturated carbocycles. The van der Waals surface area contributed by atoms with Gasteiger partial charge in [-0.05, 0) is 62.6 Å². The predicted molar refractivity (Wildman–Crippen MR) is 91.4 cm³/mol. The maximum Gasteiger partial charge on any atom is 0.337 e. The van der Waals surface area contributed by atoms with E-state index in [1.807, 2.05) is 6.07 Å². The highest BCUT2D eigenvalue weighted by Crippen LogP contribution is 2.41. The molecule has 0 aliphatic heterocycles. The Balaban J connectivity index is 1.66. The molecule has 0 amide bonds. The van der Waals surface area contributed by atoms with Crippen LogP contribution in [0, 0.1) is 5.92 Å². The Morgan fingerprint density at radius 1 is 1.17 bits per heavy atom. The molecule has 0 bridgehead atoms. The third-order valence-electron chi connectivity index (χ3n) is 5.23. The van der Waals surface area contributed by atoms with Gasteiger partial charge in [0.05, 0.1) is 23.7 Å². The van der Waals surface area contributed by atoms with E-state index < -0.39 is 0 Å². The minimum atomic E-state index is -0.332. The van der Waals surface area contributed by atoms with Gasteiger partial charge in [0.25, 0.3) is 6.01 Å². The average molecular weight is 328 g/mol. The molecule has 0 atom stereocenters. The van der Waals surface area contributed by atoms with E-state index in [-0.39, 0.29) is 12.1 Å². The van der Waals surface area contributed by atoms with Crippen molar-refractivity contribution in [1.82, 2.24) is 9.55 Å². The zero-order valence-corrected chi connectivity index (χ0v) is 14.3. The van der Waals surface area contributed by atoms with Gasteiger partial charge < -0.3 is 9.47 Å². The van der Waals surface area contributed by atoms with Crippen LogP contribution in [0.4, 0.5) is 0 Å². The quantitative estimate of drug-likeness (QED) is 0.792. The van der Waals surface area contributed by atoms with Crippen molar-refractivity contribution in [3.8, 4) is 6.01 Å². The van der Waals surface area contributed by atoms with Crippen LogP contribution in [-0.2, 0) is 4.74 Å². The monoisotopic (exact) mass is 328 g/mol. The molecule has 5 nitrogen and oxygen atoms in total. The summed E-state index contributed by atoms with van der Waals surface area (Å²) in [7, 11) is 1.40. The van der Waals surface area contributed by atoms with E-state index >= 15 is 0 Å². The summed E-state index contributed by atoms with van der Waals surface area (Å²) in [6, 6.07) is 6.77. The van der Waals surface area contributed by atoms with Gasteiger partial charge in [0.15, 0.2) is 0 Å². The van der Waals surface area contributed by atoms with Crippen molar-refractivity contribution in [2.45, 2.75) is 57.6 Å². The number of hydrogen-bond donors (Lipinski definition) is 0. The number of nitrogens with zero attached hydrogens (tertiary/aromatic N) is 2. The molecule has 2 fully saturated rings. The highest BCUT2D eigenvalue weighted by atomic mass is 16.5. The van der Waals surface area contributed by atoms with Gasteiger partial charge in [-0.25, -0.2) is 4.79 Å². The van der Waals surface area contributed by atoms with Crippen molar-refractivity contribution in [3.05, 3.63) is 23.8 Å². The molecular formula is C19H24N2O3. The number of hydrogen-bond acceptors (Lipinski definition) is 4. The van der Waals surface area contributed by atoms with Crippen molar-refractivity contribution in [2.24, 2.45) is 5.92 Å². The lowest BCUT2D eigenvalue weighted by atomic mass is 9.89. The normalized spacial score (nSPS) is 24.1. The zero-order valence-electron chi connectivity index (χ0n) is 14.3. The number of imidazole rings is 1. The summed E-state index contributed by atoms with van der Waals surface area (Å²) >= 11 is 0. The summed E-state index contributed by atoms with van der Waals surface area (Å²) in [6.07, 6.45) is 7.24. The molecular weight excluding hydrogens is 304 g/mol. The largest absolute Gasteiger partial charge is 0.465 e. The molecule has 5 heteroatoms. The number of fused-ring (bicyclic) bond motifs is 1. The topological polar surface area (TPSA) is 53.4 Å². The lowest BCUT2D eigenvalue weighted by Crippen LogP contribution is -2.24. The van der Waals surface area contributed by atoms with E-state index in [0.29, 0.717) is 17.6 Å². The first-order chi connectivity index (χ1) is 11.7. The summed E-state index contributed by atoms with van der Waals surface area (Å²) in [5, 5.41) is 0. The summed E-state index contributed by atoms with van der Waals surface area (Å²) in [5.74, 6) is 0.469. The molecule has 0 spiro atoms.